The van der Waals surface area contributed by atoms with Gasteiger partial charge in [-0.15, -0.1) is 0 Å². The van der Waals surface area contributed by atoms with Crippen molar-refractivity contribution in [3.63, 3.8) is 0 Å². The SMILES string of the molecule is COC(=O)CCCNCc1cnc2c(Cc3cccc(-c4cccc(Nc5nccc6cc(CCCCNC(=O)OC)cnc56)c4C)c3C)nccc2c1. The van der Waals surface area contributed by atoms with Gasteiger partial charge < -0.3 is 25.4 Å². The molecule has 0 unspecified atom stereocenters. The Balaban J connectivity index is 1.15. The first-order chi connectivity index (χ1) is 26.3. The van der Waals surface area contributed by atoms with Crippen molar-refractivity contribution in [3.8, 4) is 11.1 Å². The standard InChI is InChI=1S/C43H47N7O4/c1-28-32(24-38-40-33(16-20-45-38)23-31(27-48-40)25-44-18-9-15-39(51)53-3)11-7-12-35(28)36-13-8-14-37(29(36)2)50-42-41-34(17-21-46-42)22-30(26-49-41)10-5-6-19-47-43(52)54-4/h7-8,11-14,16-17,20-23,26-27,44H,5-6,9-10,15,18-19,24-25H2,1-4H3,(H,46,50)(H,47,52). The molecule has 0 aliphatic heterocycles. The first-order valence-electron chi connectivity index (χ1n) is 18.4. The van der Waals surface area contributed by atoms with Gasteiger partial charge in [0.1, 0.15) is 5.52 Å². The maximum Gasteiger partial charge on any atom is 0.406 e. The number of nitrogens with zero attached hydrogens (tertiary/aromatic N) is 4. The molecule has 0 saturated heterocycles. The number of fused-ring (bicyclic) bond motifs is 2. The minimum Gasteiger partial charge on any atom is -0.469 e. The van der Waals surface area contributed by atoms with E-state index in [-0.39, 0.29) is 5.97 Å². The van der Waals surface area contributed by atoms with E-state index < -0.39 is 6.09 Å². The van der Waals surface area contributed by atoms with Gasteiger partial charge in [-0.1, -0.05) is 30.3 Å². The van der Waals surface area contributed by atoms with Gasteiger partial charge in [-0.3, -0.25) is 19.7 Å². The van der Waals surface area contributed by atoms with E-state index in [1.54, 1.807) is 0 Å². The molecule has 54 heavy (non-hydrogen) atoms. The minimum absolute atomic E-state index is 0.190. The number of benzene rings is 2. The second kappa shape index (κ2) is 18.2. The summed E-state index contributed by atoms with van der Waals surface area (Å²) in [7, 11) is 2.78. The summed E-state index contributed by atoms with van der Waals surface area (Å²) in [6.45, 7) is 6.29. The maximum absolute atomic E-state index is 11.4. The van der Waals surface area contributed by atoms with E-state index in [0.29, 0.717) is 31.7 Å². The molecule has 6 rings (SSSR count). The summed E-state index contributed by atoms with van der Waals surface area (Å²) in [6, 6.07) is 21.1. The molecule has 0 aliphatic rings. The van der Waals surface area contributed by atoms with Crippen molar-refractivity contribution in [3.05, 3.63) is 119 Å². The van der Waals surface area contributed by atoms with Crippen molar-refractivity contribution in [2.75, 3.05) is 32.6 Å². The van der Waals surface area contributed by atoms with Crippen molar-refractivity contribution in [2.24, 2.45) is 0 Å². The molecule has 3 N–H and O–H groups in total. The maximum atomic E-state index is 11.4. The fourth-order valence-electron chi connectivity index (χ4n) is 6.67. The van der Waals surface area contributed by atoms with Gasteiger partial charge in [0.05, 0.1) is 25.4 Å². The van der Waals surface area contributed by atoms with Crippen molar-refractivity contribution < 1.29 is 19.1 Å². The lowest BCUT2D eigenvalue weighted by Crippen LogP contribution is -2.23. The molecule has 0 bridgehead atoms. The summed E-state index contributed by atoms with van der Waals surface area (Å²) in [4.78, 5) is 41.7. The van der Waals surface area contributed by atoms with E-state index in [0.717, 1.165) is 93.2 Å². The molecule has 6 aromatic rings. The van der Waals surface area contributed by atoms with E-state index in [1.807, 2.05) is 36.9 Å². The van der Waals surface area contributed by atoms with Gasteiger partial charge in [-0.2, -0.15) is 0 Å². The molecule has 0 radical (unpaired) electrons. The minimum atomic E-state index is -0.404. The number of methoxy groups -OCH3 is 2. The van der Waals surface area contributed by atoms with Crippen LogP contribution in [-0.2, 0) is 33.7 Å². The number of nitrogens with one attached hydrogen (secondary N) is 3. The molecule has 0 atom stereocenters. The number of anilines is 2. The normalized spacial score (nSPS) is 11.1. The summed E-state index contributed by atoms with van der Waals surface area (Å²) in [5.74, 6) is 0.518. The smallest absolute Gasteiger partial charge is 0.406 e. The molecule has 0 aliphatic carbocycles. The molecule has 4 heterocycles. The van der Waals surface area contributed by atoms with Crippen LogP contribution in [0.2, 0.25) is 0 Å². The number of pyridine rings is 4. The number of ether oxygens (including phenoxy) is 2. The largest absolute Gasteiger partial charge is 0.469 e. The Morgan fingerprint density at radius 2 is 1.44 bits per heavy atom. The lowest BCUT2D eigenvalue weighted by atomic mass is 9.91. The second-order valence-corrected chi connectivity index (χ2v) is 13.3. The third-order valence-corrected chi connectivity index (χ3v) is 9.71. The fourth-order valence-corrected chi connectivity index (χ4v) is 6.67. The van der Waals surface area contributed by atoms with Crippen LogP contribution in [0.1, 0.15) is 59.2 Å². The number of rotatable bonds is 16. The van der Waals surface area contributed by atoms with Gasteiger partial charge in [0.2, 0.25) is 0 Å². The summed E-state index contributed by atoms with van der Waals surface area (Å²) >= 11 is 0. The molecule has 1 amide bonds. The summed E-state index contributed by atoms with van der Waals surface area (Å²) in [5.41, 5.74) is 11.7. The van der Waals surface area contributed by atoms with E-state index >= 15 is 0 Å². The number of aryl methyl sites for hydroxylation is 1. The Labute approximate surface area is 316 Å². The summed E-state index contributed by atoms with van der Waals surface area (Å²) < 4.78 is 9.35. The predicted octanol–water partition coefficient (Wildman–Crippen LogP) is 7.91. The van der Waals surface area contributed by atoms with Gasteiger partial charge in [-0.05, 0) is 115 Å². The molecule has 11 heteroatoms. The van der Waals surface area contributed by atoms with Crippen molar-refractivity contribution >= 4 is 45.4 Å². The third kappa shape index (κ3) is 9.34. The fraction of sp³-hybridized carbons (Fsp3) is 0.302. The first kappa shape index (κ1) is 37.8. The van der Waals surface area contributed by atoms with Crippen molar-refractivity contribution in [1.82, 2.24) is 30.6 Å². The molecule has 0 fully saturated rings. The van der Waals surface area contributed by atoms with Crippen LogP contribution in [-0.4, -0.2) is 59.3 Å². The van der Waals surface area contributed by atoms with Crippen molar-refractivity contribution in [1.29, 1.82) is 0 Å². The Morgan fingerprint density at radius 3 is 2.26 bits per heavy atom. The summed E-state index contributed by atoms with van der Waals surface area (Å²) in [6.07, 6.45) is 11.5. The number of esters is 1. The van der Waals surface area contributed by atoms with Gasteiger partial charge in [0, 0.05) is 67.2 Å². The van der Waals surface area contributed by atoms with Crippen LogP contribution in [0.25, 0.3) is 32.9 Å². The highest BCUT2D eigenvalue weighted by atomic mass is 16.5. The molecule has 0 spiro atoms. The average molecular weight is 726 g/mol. The van der Waals surface area contributed by atoms with E-state index in [1.165, 1.54) is 25.3 Å². The second-order valence-electron chi connectivity index (χ2n) is 13.3. The highest BCUT2D eigenvalue weighted by Gasteiger charge is 2.15. The Kier molecular flexibility index (Phi) is 12.7. The predicted molar refractivity (Wildman–Crippen MR) is 213 cm³/mol. The van der Waals surface area contributed by atoms with Gasteiger partial charge in [0.25, 0.3) is 0 Å². The van der Waals surface area contributed by atoms with Crippen LogP contribution in [0.15, 0.2) is 85.5 Å². The number of hydrogen-bond acceptors (Lipinski definition) is 10. The monoisotopic (exact) mass is 725 g/mol. The number of amides is 1. The van der Waals surface area contributed by atoms with Crippen LogP contribution >= 0.6 is 0 Å². The Hall–Kier alpha value is -5.94. The van der Waals surface area contributed by atoms with Crippen LogP contribution in [0.5, 0.6) is 0 Å². The van der Waals surface area contributed by atoms with E-state index in [2.05, 4.69) is 88.0 Å². The quantitative estimate of drug-likeness (QED) is 0.0666. The van der Waals surface area contributed by atoms with Gasteiger partial charge in [-0.25, -0.2) is 9.78 Å². The molecular formula is C43H47N7O4. The van der Waals surface area contributed by atoms with Crippen LogP contribution in [0.3, 0.4) is 0 Å². The molecular weight excluding hydrogens is 679 g/mol. The molecule has 2 aromatic carbocycles. The summed E-state index contributed by atoms with van der Waals surface area (Å²) in [5, 5.41) is 11.8. The van der Waals surface area contributed by atoms with E-state index in [9.17, 15) is 9.59 Å². The number of carbonyl (C=O) groups is 2. The molecule has 0 saturated carbocycles. The highest BCUT2D eigenvalue weighted by Crippen LogP contribution is 2.35. The lowest BCUT2D eigenvalue weighted by Gasteiger charge is -2.17. The van der Waals surface area contributed by atoms with Gasteiger partial charge in [0.15, 0.2) is 5.82 Å². The van der Waals surface area contributed by atoms with Crippen LogP contribution in [0, 0.1) is 13.8 Å². The van der Waals surface area contributed by atoms with Crippen molar-refractivity contribution in [2.45, 2.75) is 58.9 Å². The zero-order chi connectivity index (χ0) is 37.9. The topological polar surface area (TPSA) is 140 Å². The zero-order valence-corrected chi connectivity index (χ0v) is 31.4. The lowest BCUT2D eigenvalue weighted by molar-refractivity contribution is -0.140. The number of carbonyl (C=O) groups excluding carboxylic acids is 2. The Morgan fingerprint density at radius 1 is 0.722 bits per heavy atom. The molecule has 278 valence electrons. The average Bonchev–Trinajstić information content (AvgIpc) is 3.19. The van der Waals surface area contributed by atoms with Crippen LogP contribution in [0.4, 0.5) is 16.3 Å². The number of aromatic nitrogens is 4. The zero-order valence-electron chi connectivity index (χ0n) is 31.4. The molecule has 11 nitrogen and oxygen atoms in total. The highest BCUT2D eigenvalue weighted by molar-refractivity contribution is 5.91. The van der Waals surface area contributed by atoms with Gasteiger partial charge >= 0.3 is 12.1 Å². The Bertz CT molecular complexity index is 2100. The third-order valence-electron chi connectivity index (χ3n) is 9.71. The number of alkyl carbamates (subject to hydrolysis) is 1. The number of unbranched alkanes of at least 4 members (excludes halogenated alkanes) is 1. The van der Waals surface area contributed by atoms with E-state index in [4.69, 9.17) is 19.7 Å². The first-order valence-corrected chi connectivity index (χ1v) is 18.4. The molecule has 4 aromatic heterocycles. The number of hydrogen-bond donors (Lipinski definition) is 3. The van der Waals surface area contributed by atoms with Crippen LogP contribution < -0.4 is 16.0 Å².